The molecule has 1 fully saturated rings. The highest BCUT2D eigenvalue weighted by Gasteiger charge is 2.40. The largest absolute Gasteiger partial charge is 0.381 e. The molecule has 0 aliphatic carbocycles. The lowest BCUT2D eigenvalue weighted by molar-refractivity contribution is -0.125. The van der Waals surface area contributed by atoms with Gasteiger partial charge in [0.1, 0.15) is 5.82 Å². The first-order valence-corrected chi connectivity index (χ1v) is 7.82. The SMILES string of the molecule is CCOC1(C(Cc2cc(F)ccc2Cl)NC)CCOCC1. The molecule has 1 atom stereocenters. The molecule has 1 aromatic carbocycles. The average molecular weight is 316 g/mol. The van der Waals surface area contributed by atoms with E-state index in [2.05, 4.69) is 5.32 Å². The van der Waals surface area contributed by atoms with E-state index in [-0.39, 0.29) is 17.5 Å². The second kappa shape index (κ2) is 7.54. The van der Waals surface area contributed by atoms with Crippen LogP contribution >= 0.6 is 11.6 Å². The second-order valence-electron chi connectivity index (χ2n) is 5.39. The summed E-state index contributed by atoms with van der Waals surface area (Å²) in [6.45, 7) is 4.03. The number of benzene rings is 1. The molecular formula is C16H23ClFNO2. The van der Waals surface area contributed by atoms with E-state index in [1.54, 1.807) is 6.07 Å². The Morgan fingerprint density at radius 3 is 2.76 bits per heavy atom. The molecule has 1 saturated heterocycles. The van der Waals surface area contributed by atoms with Crippen molar-refractivity contribution < 1.29 is 13.9 Å². The number of nitrogens with one attached hydrogen (secondary N) is 1. The van der Waals surface area contributed by atoms with Crippen LogP contribution in [0.15, 0.2) is 18.2 Å². The Bertz CT molecular complexity index is 458. The summed E-state index contributed by atoms with van der Waals surface area (Å²) in [5.74, 6) is -0.262. The Labute approximate surface area is 130 Å². The molecule has 0 bridgehead atoms. The molecule has 2 rings (SSSR count). The first-order valence-electron chi connectivity index (χ1n) is 7.44. The fraction of sp³-hybridized carbons (Fsp3) is 0.625. The molecule has 0 saturated carbocycles. The number of hydrogen-bond donors (Lipinski definition) is 1. The maximum atomic E-state index is 13.5. The molecule has 0 spiro atoms. The fourth-order valence-corrected chi connectivity index (χ4v) is 3.26. The molecule has 21 heavy (non-hydrogen) atoms. The number of halogens is 2. The van der Waals surface area contributed by atoms with Crippen molar-refractivity contribution >= 4 is 11.6 Å². The lowest BCUT2D eigenvalue weighted by Crippen LogP contribution is -2.55. The molecule has 0 aromatic heterocycles. The van der Waals surface area contributed by atoms with Crippen molar-refractivity contribution in [2.75, 3.05) is 26.9 Å². The topological polar surface area (TPSA) is 30.5 Å². The van der Waals surface area contributed by atoms with Gasteiger partial charge in [-0.05, 0) is 44.2 Å². The minimum Gasteiger partial charge on any atom is -0.381 e. The normalized spacial score (nSPS) is 19.4. The highest BCUT2D eigenvalue weighted by atomic mass is 35.5. The molecule has 5 heteroatoms. The van der Waals surface area contributed by atoms with Crippen LogP contribution in [0.3, 0.4) is 0 Å². The van der Waals surface area contributed by atoms with E-state index in [0.29, 0.717) is 31.3 Å². The zero-order valence-electron chi connectivity index (χ0n) is 12.6. The lowest BCUT2D eigenvalue weighted by Gasteiger charge is -2.43. The van der Waals surface area contributed by atoms with E-state index in [0.717, 1.165) is 18.4 Å². The van der Waals surface area contributed by atoms with Gasteiger partial charge >= 0.3 is 0 Å². The predicted octanol–water partition coefficient (Wildman–Crippen LogP) is 3.20. The van der Waals surface area contributed by atoms with Gasteiger partial charge in [-0.3, -0.25) is 0 Å². The van der Waals surface area contributed by atoms with Crippen LogP contribution in [-0.2, 0) is 15.9 Å². The average Bonchev–Trinajstić information content (AvgIpc) is 2.49. The zero-order chi connectivity index (χ0) is 15.3. The van der Waals surface area contributed by atoms with E-state index in [4.69, 9.17) is 21.1 Å². The van der Waals surface area contributed by atoms with Crippen LogP contribution in [0, 0.1) is 5.82 Å². The van der Waals surface area contributed by atoms with Gasteiger partial charge < -0.3 is 14.8 Å². The Hall–Kier alpha value is -0.680. The van der Waals surface area contributed by atoms with Crippen molar-refractivity contribution in [3.05, 3.63) is 34.6 Å². The van der Waals surface area contributed by atoms with Crippen molar-refractivity contribution in [3.63, 3.8) is 0 Å². The highest BCUT2D eigenvalue weighted by molar-refractivity contribution is 6.31. The van der Waals surface area contributed by atoms with Crippen LogP contribution in [0.25, 0.3) is 0 Å². The van der Waals surface area contributed by atoms with Gasteiger partial charge in [0.25, 0.3) is 0 Å². The first-order chi connectivity index (χ1) is 10.1. The summed E-state index contributed by atoms with van der Waals surface area (Å²) in [5.41, 5.74) is 0.527. The molecule has 0 radical (unpaired) electrons. The molecule has 0 amide bonds. The Morgan fingerprint density at radius 1 is 1.43 bits per heavy atom. The number of rotatable bonds is 6. The van der Waals surface area contributed by atoms with E-state index in [1.807, 2.05) is 14.0 Å². The third-order valence-corrected chi connectivity index (χ3v) is 4.55. The van der Waals surface area contributed by atoms with Crippen molar-refractivity contribution in [2.45, 2.75) is 37.8 Å². The third-order valence-electron chi connectivity index (χ3n) is 4.19. The van der Waals surface area contributed by atoms with Crippen molar-refractivity contribution in [1.29, 1.82) is 0 Å². The molecule has 3 nitrogen and oxygen atoms in total. The van der Waals surface area contributed by atoms with Crippen molar-refractivity contribution in [1.82, 2.24) is 5.32 Å². The van der Waals surface area contributed by atoms with Gasteiger partial charge in [0.15, 0.2) is 0 Å². The van der Waals surface area contributed by atoms with Crippen LogP contribution in [0.2, 0.25) is 5.02 Å². The quantitative estimate of drug-likeness (QED) is 0.874. The molecule has 1 heterocycles. The Morgan fingerprint density at radius 2 is 2.14 bits per heavy atom. The smallest absolute Gasteiger partial charge is 0.123 e. The Kier molecular flexibility index (Phi) is 5.99. The van der Waals surface area contributed by atoms with Gasteiger partial charge in [0, 0.05) is 43.7 Å². The number of ether oxygens (including phenoxy) is 2. The monoisotopic (exact) mass is 315 g/mol. The molecule has 1 unspecified atom stereocenters. The van der Waals surface area contributed by atoms with Gasteiger partial charge in [-0.1, -0.05) is 11.6 Å². The minimum atomic E-state index is -0.280. The van der Waals surface area contributed by atoms with Gasteiger partial charge in [0.2, 0.25) is 0 Å². The molecular weight excluding hydrogens is 293 g/mol. The molecule has 1 aromatic rings. The van der Waals surface area contributed by atoms with Crippen LogP contribution in [-0.4, -0.2) is 38.5 Å². The van der Waals surface area contributed by atoms with E-state index < -0.39 is 0 Å². The summed E-state index contributed by atoms with van der Waals surface area (Å²) >= 11 is 6.20. The molecule has 1 aliphatic rings. The summed E-state index contributed by atoms with van der Waals surface area (Å²) < 4.78 is 25.0. The summed E-state index contributed by atoms with van der Waals surface area (Å²) in [7, 11) is 1.91. The van der Waals surface area contributed by atoms with Gasteiger partial charge in [-0.25, -0.2) is 4.39 Å². The van der Waals surface area contributed by atoms with E-state index >= 15 is 0 Å². The summed E-state index contributed by atoms with van der Waals surface area (Å²) in [6.07, 6.45) is 2.30. The summed E-state index contributed by atoms with van der Waals surface area (Å²) in [6, 6.07) is 4.56. The zero-order valence-corrected chi connectivity index (χ0v) is 13.4. The van der Waals surface area contributed by atoms with E-state index in [9.17, 15) is 4.39 Å². The number of likely N-dealkylation sites (N-methyl/N-ethyl adjacent to an activating group) is 1. The third kappa shape index (κ3) is 3.95. The predicted molar refractivity (Wildman–Crippen MR) is 82.4 cm³/mol. The molecule has 118 valence electrons. The lowest BCUT2D eigenvalue weighted by atomic mass is 9.82. The van der Waals surface area contributed by atoms with Gasteiger partial charge in [-0.2, -0.15) is 0 Å². The van der Waals surface area contributed by atoms with Crippen LogP contribution < -0.4 is 5.32 Å². The van der Waals surface area contributed by atoms with Crippen LogP contribution in [0.5, 0.6) is 0 Å². The Balaban J connectivity index is 2.22. The molecule has 1 aliphatic heterocycles. The highest BCUT2D eigenvalue weighted by Crippen LogP contribution is 2.32. The van der Waals surface area contributed by atoms with E-state index in [1.165, 1.54) is 12.1 Å². The first kappa shape index (κ1) is 16.7. The molecule has 1 N–H and O–H groups in total. The summed E-state index contributed by atoms with van der Waals surface area (Å²) in [4.78, 5) is 0. The van der Waals surface area contributed by atoms with Gasteiger partial charge in [-0.15, -0.1) is 0 Å². The van der Waals surface area contributed by atoms with Crippen LogP contribution in [0.4, 0.5) is 4.39 Å². The van der Waals surface area contributed by atoms with Crippen molar-refractivity contribution in [3.8, 4) is 0 Å². The maximum Gasteiger partial charge on any atom is 0.123 e. The minimum absolute atomic E-state index is 0.0700. The maximum absolute atomic E-state index is 13.5. The number of hydrogen-bond acceptors (Lipinski definition) is 3. The standard InChI is InChI=1S/C16H23ClFNO2/c1-3-21-16(6-8-20-9-7-16)15(19-2)11-12-10-13(18)4-5-14(12)17/h4-5,10,15,19H,3,6-9,11H2,1-2H3. The summed E-state index contributed by atoms with van der Waals surface area (Å²) in [5, 5.41) is 3.92. The van der Waals surface area contributed by atoms with Gasteiger partial charge in [0.05, 0.1) is 5.60 Å². The fourth-order valence-electron chi connectivity index (χ4n) is 3.07. The van der Waals surface area contributed by atoms with Crippen LogP contribution in [0.1, 0.15) is 25.3 Å². The second-order valence-corrected chi connectivity index (χ2v) is 5.80. The van der Waals surface area contributed by atoms with Crippen molar-refractivity contribution in [2.24, 2.45) is 0 Å².